The van der Waals surface area contributed by atoms with Crippen LogP contribution in [0.25, 0.3) is 0 Å². The van der Waals surface area contributed by atoms with Crippen molar-refractivity contribution < 1.29 is 5.11 Å². The van der Waals surface area contributed by atoms with Gasteiger partial charge in [0, 0.05) is 57.4 Å². The highest BCUT2D eigenvalue weighted by Gasteiger charge is 2.21. The highest BCUT2D eigenvalue weighted by Crippen LogP contribution is 2.41. The van der Waals surface area contributed by atoms with Gasteiger partial charge in [-0.15, -0.1) is 23.5 Å². The molecule has 242 valence electrons. The van der Waals surface area contributed by atoms with Gasteiger partial charge in [-0.25, -0.2) is 0 Å². The summed E-state index contributed by atoms with van der Waals surface area (Å²) in [7, 11) is 0. The summed E-state index contributed by atoms with van der Waals surface area (Å²) in [5.74, 6) is 2.24. The Balaban J connectivity index is 1.08. The Hall–Kier alpha value is -4.33. The molecule has 0 aromatic heterocycles. The fourth-order valence-electron chi connectivity index (χ4n) is 4.91. The second kappa shape index (κ2) is 17.0. The lowest BCUT2D eigenvalue weighted by molar-refractivity contribution is 0.433. The Morgan fingerprint density at radius 1 is 0.660 bits per heavy atom. The number of anilines is 5. The summed E-state index contributed by atoms with van der Waals surface area (Å²) in [5.41, 5.74) is 7.14. The second-order valence-corrected chi connectivity index (χ2v) is 14.6. The van der Waals surface area contributed by atoms with Gasteiger partial charge in [0.2, 0.25) is 0 Å². The van der Waals surface area contributed by atoms with Gasteiger partial charge in [0.15, 0.2) is 0 Å². The molecule has 5 aromatic rings. The first-order chi connectivity index (χ1) is 22.8. The molecule has 0 radical (unpaired) electrons. The summed E-state index contributed by atoms with van der Waals surface area (Å²) in [6.45, 7) is 7.33. The Labute approximate surface area is 288 Å². The maximum absolute atomic E-state index is 11.2. The van der Waals surface area contributed by atoms with Gasteiger partial charge in [0.1, 0.15) is 5.75 Å². The average Bonchev–Trinajstić information content (AvgIpc) is 3.07. The van der Waals surface area contributed by atoms with E-state index in [1.165, 1.54) is 4.90 Å². The molecule has 0 aliphatic carbocycles. The van der Waals surface area contributed by atoms with E-state index in [0.29, 0.717) is 5.75 Å². The molecule has 0 aliphatic rings. The van der Waals surface area contributed by atoms with Crippen molar-refractivity contribution >= 4 is 63.9 Å². The van der Waals surface area contributed by atoms with Gasteiger partial charge in [-0.05, 0) is 109 Å². The summed E-state index contributed by atoms with van der Waals surface area (Å²) < 4.78 is 0. The number of thioether (sulfide) groups is 2. The van der Waals surface area contributed by atoms with Crippen molar-refractivity contribution in [3.63, 3.8) is 0 Å². The van der Waals surface area contributed by atoms with E-state index in [2.05, 4.69) is 115 Å². The maximum Gasteiger partial charge on any atom is 0.132 e. The molecule has 5 rings (SSSR count). The fraction of sp³-hybridized carbons (Fsp3) is 0.225. The molecule has 0 amide bonds. The van der Waals surface area contributed by atoms with Crippen LogP contribution in [0.15, 0.2) is 136 Å². The minimum Gasteiger partial charge on any atom is -0.506 e. The van der Waals surface area contributed by atoms with Crippen molar-refractivity contribution in [2.24, 2.45) is 4.99 Å². The van der Waals surface area contributed by atoms with Crippen LogP contribution in [-0.4, -0.2) is 29.4 Å². The standard InChI is InChI=1S/C40H44N4OS2/c1-40(2,3)37-28-36(46-26-10-24-41-30-16-20-34(21-17-30)43-32-12-6-4-7-13-32)29-38(39(37)45)47-27-11-25-42-31-18-22-35(23-19-31)44-33-14-8-5-9-15-33/h4-9,12-24,28-29,42-45H,10-11,25-27H2,1-3H3/b41-24+. The normalized spacial score (nSPS) is 11.5. The largest absolute Gasteiger partial charge is 0.506 e. The molecule has 0 atom stereocenters. The van der Waals surface area contributed by atoms with E-state index >= 15 is 0 Å². The predicted molar refractivity (Wildman–Crippen MR) is 206 cm³/mol. The number of hydrogen-bond acceptors (Lipinski definition) is 7. The maximum atomic E-state index is 11.2. The summed E-state index contributed by atoms with van der Waals surface area (Å²) >= 11 is 3.54. The van der Waals surface area contributed by atoms with E-state index in [1.807, 2.05) is 66.5 Å². The SMILES string of the molecule is CC(C)(C)c1cc(SCC/C=N/c2ccc(Nc3ccccc3)cc2)cc(SCCCNc2ccc(Nc3ccccc3)cc2)c1O. The summed E-state index contributed by atoms with van der Waals surface area (Å²) in [5, 5.41) is 21.5. The van der Waals surface area contributed by atoms with Gasteiger partial charge in [0.25, 0.3) is 0 Å². The molecule has 0 saturated carbocycles. The monoisotopic (exact) mass is 660 g/mol. The van der Waals surface area contributed by atoms with Crippen LogP contribution in [-0.2, 0) is 5.41 Å². The van der Waals surface area contributed by atoms with Crippen LogP contribution in [0.4, 0.5) is 34.1 Å². The quantitative estimate of drug-likeness (QED) is 0.0509. The zero-order chi connectivity index (χ0) is 32.9. The van der Waals surface area contributed by atoms with Gasteiger partial charge < -0.3 is 21.1 Å². The number of aromatic hydroxyl groups is 1. The van der Waals surface area contributed by atoms with Gasteiger partial charge in [-0.1, -0.05) is 57.2 Å². The summed E-state index contributed by atoms with van der Waals surface area (Å²) in [4.78, 5) is 6.79. The van der Waals surface area contributed by atoms with E-state index in [9.17, 15) is 5.11 Å². The third-order valence-electron chi connectivity index (χ3n) is 7.40. The number of phenolic OH excluding ortho intramolecular Hbond substituents is 1. The Morgan fingerprint density at radius 3 is 1.81 bits per heavy atom. The third kappa shape index (κ3) is 10.9. The molecule has 0 bridgehead atoms. The number of nitrogens with one attached hydrogen (secondary N) is 3. The zero-order valence-electron chi connectivity index (χ0n) is 27.4. The zero-order valence-corrected chi connectivity index (χ0v) is 29.0. The smallest absolute Gasteiger partial charge is 0.132 e. The first kappa shape index (κ1) is 34.0. The Kier molecular flexibility index (Phi) is 12.3. The highest BCUT2D eigenvalue weighted by atomic mass is 32.2. The minimum atomic E-state index is -0.151. The van der Waals surface area contributed by atoms with Crippen molar-refractivity contribution in [1.82, 2.24) is 0 Å². The van der Waals surface area contributed by atoms with Crippen LogP contribution in [0.2, 0.25) is 0 Å². The molecular formula is C40H44N4OS2. The number of nitrogens with zero attached hydrogens (tertiary/aromatic N) is 1. The topological polar surface area (TPSA) is 68.7 Å². The molecule has 47 heavy (non-hydrogen) atoms. The summed E-state index contributed by atoms with van der Waals surface area (Å²) in [6.07, 6.45) is 3.83. The van der Waals surface area contributed by atoms with E-state index in [1.54, 1.807) is 11.8 Å². The van der Waals surface area contributed by atoms with E-state index in [-0.39, 0.29) is 5.41 Å². The lowest BCUT2D eigenvalue weighted by Gasteiger charge is -2.23. The molecular weight excluding hydrogens is 617 g/mol. The van der Waals surface area contributed by atoms with E-state index in [0.717, 1.165) is 75.5 Å². The number of aliphatic imine (C=N–C) groups is 1. The predicted octanol–water partition coefficient (Wildman–Crippen LogP) is 11.7. The Bertz CT molecular complexity index is 1700. The lowest BCUT2D eigenvalue weighted by atomic mass is 9.86. The molecule has 0 fully saturated rings. The van der Waals surface area contributed by atoms with Crippen LogP contribution in [0.1, 0.15) is 39.2 Å². The van der Waals surface area contributed by atoms with Gasteiger partial charge in [-0.2, -0.15) is 0 Å². The Morgan fingerprint density at radius 2 is 1.21 bits per heavy atom. The first-order valence-electron chi connectivity index (χ1n) is 16.1. The van der Waals surface area contributed by atoms with Gasteiger partial charge in [0.05, 0.1) is 10.6 Å². The molecule has 5 nitrogen and oxygen atoms in total. The first-order valence-corrected chi connectivity index (χ1v) is 18.0. The average molecular weight is 661 g/mol. The van der Waals surface area contributed by atoms with Crippen molar-refractivity contribution in [2.45, 2.75) is 48.8 Å². The van der Waals surface area contributed by atoms with Crippen LogP contribution in [0.3, 0.4) is 0 Å². The van der Waals surface area contributed by atoms with Crippen LogP contribution in [0.5, 0.6) is 5.75 Å². The van der Waals surface area contributed by atoms with E-state index in [4.69, 9.17) is 0 Å². The number of hydrogen-bond donors (Lipinski definition) is 4. The van der Waals surface area contributed by atoms with Crippen molar-refractivity contribution in [3.05, 3.63) is 127 Å². The molecule has 0 unspecified atom stereocenters. The fourth-order valence-corrected chi connectivity index (χ4v) is 6.81. The van der Waals surface area contributed by atoms with Crippen molar-refractivity contribution in [2.75, 3.05) is 34.0 Å². The van der Waals surface area contributed by atoms with Gasteiger partial charge in [-0.3, -0.25) is 4.99 Å². The lowest BCUT2D eigenvalue weighted by Crippen LogP contribution is -2.12. The van der Waals surface area contributed by atoms with Crippen molar-refractivity contribution in [1.29, 1.82) is 0 Å². The van der Waals surface area contributed by atoms with E-state index < -0.39 is 0 Å². The van der Waals surface area contributed by atoms with Gasteiger partial charge >= 0.3 is 0 Å². The molecule has 0 spiro atoms. The highest BCUT2D eigenvalue weighted by molar-refractivity contribution is 8.00. The minimum absolute atomic E-state index is 0.151. The molecule has 5 aromatic carbocycles. The number of benzene rings is 5. The molecule has 7 heteroatoms. The van der Waals surface area contributed by atoms with Crippen LogP contribution < -0.4 is 16.0 Å². The van der Waals surface area contributed by atoms with Crippen molar-refractivity contribution in [3.8, 4) is 5.75 Å². The number of rotatable bonds is 15. The second-order valence-electron chi connectivity index (χ2n) is 12.3. The molecule has 0 heterocycles. The third-order valence-corrected chi connectivity index (χ3v) is 9.52. The van der Waals surface area contributed by atoms with Crippen LogP contribution >= 0.6 is 23.5 Å². The number of para-hydroxylation sites is 2. The van der Waals surface area contributed by atoms with Crippen LogP contribution in [0, 0.1) is 0 Å². The molecule has 0 saturated heterocycles. The molecule has 0 aliphatic heterocycles. The summed E-state index contributed by atoms with van der Waals surface area (Å²) in [6, 6.07) is 41.2. The number of phenols is 1. The molecule has 4 N–H and O–H groups in total.